The first-order valence-electron chi connectivity index (χ1n) is 11.7. The number of benzene rings is 2. The van der Waals surface area contributed by atoms with Crippen LogP contribution in [0, 0.1) is 10.8 Å². The maximum Gasteiger partial charge on any atom is 0.257 e. The molecule has 1 heterocycles. The Morgan fingerprint density at radius 3 is 2.32 bits per heavy atom. The number of aromatic hydroxyl groups is 1. The standard InChI is InChI=1S/C26H29N3O4S/c1-34-19-9-5-8-18(21(19)30)22(31)29-14-12-25(13-15-29)16-20(25)28-24(33)26(10-11-26)23(32)27-17-6-3-2-4-7-17/h2-9,20,30H,10-16H2,1H3,(H,27,32)(H,28,33). The van der Waals surface area contributed by atoms with E-state index in [0.717, 1.165) is 19.3 Å². The third-order valence-electron chi connectivity index (χ3n) is 7.64. The summed E-state index contributed by atoms with van der Waals surface area (Å²) in [5.74, 6) is -0.530. The SMILES string of the molecule is CSc1cccc(C(=O)N2CCC3(CC2)CC3NC(=O)C2(C(=O)Nc3ccccc3)CC2)c1O. The highest BCUT2D eigenvalue weighted by Gasteiger charge is 2.61. The molecule has 1 unspecified atom stereocenters. The molecule has 8 heteroatoms. The minimum Gasteiger partial charge on any atom is -0.506 e. The molecule has 3 amide bonds. The Morgan fingerprint density at radius 2 is 1.68 bits per heavy atom. The first-order chi connectivity index (χ1) is 16.4. The lowest BCUT2D eigenvalue weighted by atomic mass is 9.92. The summed E-state index contributed by atoms with van der Waals surface area (Å²) in [6, 6.07) is 14.5. The predicted molar refractivity (Wildman–Crippen MR) is 131 cm³/mol. The zero-order valence-electron chi connectivity index (χ0n) is 19.2. The van der Waals surface area contributed by atoms with Crippen LogP contribution in [-0.2, 0) is 9.59 Å². The molecule has 2 aliphatic carbocycles. The number of anilines is 1. The number of likely N-dealkylation sites (tertiary alicyclic amines) is 1. The molecule has 1 aliphatic heterocycles. The number of thioether (sulfide) groups is 1. The van der Waals surface area contributed by atoms with Crippen molar-refractivity contribution in [3.05, 3.63) is 54.1 Å². The lowest BCUT2D eigenvalue weighted by Gasteiger charge is -2.33. The van der Waals surface area contributed by atoms with Crippen molar-refractivity contribution in [1.29, 1.82) is 0 Å². The van der Waals surface area contributed by atoms with Crippen LogP contribution in [0.15, 0.2) is 53.4 Å². The van der Waals surface area contributed by atoms with Crippen molar-refractivity contribution in [2.24, 2.45) is 10.8 Å². The molecule has 34 heavy (non-hydrogen) atoms. The third kappa shape index (κ3) is 4.04. The number of rotatable bonds is 6. The van der Waals surface area contributed by atoms with Crippen LogP contribution in [0.5, 0.6) is 5.75 Å². The van der Waals surface area contributed by atoms with Crippen molar-refractivity contribution in [2.75, 3.05) is 24.7 Å². The van der Waals surface area contributed by atoms with Gasteiger partial charge in [-0.25, -0.2) is 0 Å². The molecule has 7 nitrogen and oxygen atoms in total. The maximum absolute atomic E-state index is 13.0. The molecule has 1 atom stereocenters. The molecule has 0 bridgehead atoms. The summed E-state index contributed by atoms with van der Waals surface area (Å²) in [4.78, 5) is 41.3. The molecule has 1 saturated heterocycles. The van der Waals surface area contributed by atoms with Gasteiger partial charge in [-0.2, -0.15) is 0 Å². The molecule has 2 saturated carbocycles. The maximum atomic E-state index is 13.0. The average Bonchev–Trinajstić information content (AvgIpc) is 3.77. The number of carbonyl (C=O) groups excluding carboxylic acids is 3. The van der Waals surface area contributed by atoms with E-state index in [2.05, 4.69) is 10.6 Å². The first-order valence-corrected chi connectivity index (χ1v) is 12.9. The summed E-state index contributed by atoms with van der Waals surface area (Å²) in [7, 11) is 0. The lowest BCUT2D eigenvalue weighted by Crippen LogP contribution is -2.44. The molecule has 2 aromatic carbocycles. The van der Waals surface area contributed by atoms with E-state index in [1.54, 1.807) is 23.1 Å². The largest absolute Gasteiger partial charge is 0.506 e. The normalized spacial score (nSPS) is 21.6. The van der Waals surface area contributed by atoms with E-state index in [1.165, 1.54) is 11.8 Å². The van der Waals surface area contributed by atoms with E-state index in [9.17, 15) is 19.5 Å². The lowest BCUT2D eigenvalue weighted by molar-refractivity contribution is -0.134. The molecule has 2 aromatic rings. The van der Waals surface area contributed by atoms with Crippen LogP contribution in [0.4, 0.5) is 5.69 Å². The van der Waals surface area contributed by atoms with Gasteiger partial charge in [-0.3, -0.25) is 14.4 Å². The van der Waals surface area contributed by atoms with Gasteiger partial charge in [0.25, 0.3) is 5.91 Å². The Balaban J connectivity index is 1.16. The van der Waals surface area contributed by atoms with Gasteiger partial charge in [-0.1, -0.05) is 24.3 Å². The van der Waals surface area contributed by atoms with Gasteiger partial charge in [0.15, 0.2) is 0 Å². The minimum atomic E-state index is -0.962. The fourth-order valence-electron chi connectivity index (χ4n) is 5.04. The van der Waals surface area contributed by atoms with Crippen molar-refractivity contribution in [2.45, 2.75) is 43.0 Å². The second-order valence-electron chi connectivity index (χ2n) is 9.64. The van der Waals surface area contributed by atoms with Crippen molar-refractivity contribution in [1.82, 2.24) is 10.2 Å². The van der Waals surface area contributed by atoms with Gasteiger partial charge in [-0.05, 0) is 68.0 Å². The number of phenolic OH excluding ortho intramolecular Hbond substituents is 1. The van der Waals surface area contributed by atoms with Crippen molar-refractivity contribution in [3.8, 4) is 5.75 Å². The number of phenols is 1. The van der Waals surface area contributed by atoms with E-state index in [1.807, 2.05) is 36.6 Å². The molecule has 3 fully saturated rings. The first kappa shape index (κ1) is 22.8. The second-order valence-corrected chi connectivity index (χ2v) is 10.5. The van der Waals surface area contributed by atoms with Crippen LogP contribution in [0.3, 0.4) is 0 Å². The Morgan fingerprint density at radius 1 is 0.971 bits per heavy atom. The predicted octanol–water partition coefficient (Wildman–Crippen LogP) is 3.64. The molecule has 5 rings (SSSR count). The summed E-state index contributed by atoms with van der Waals surface area (Å²) in [5, 5.41) is 16.4. The number of carbonyl (C=O) groups is 3. The van der Waals surface area contributed by atoms with E-state index in [0.29, 0.717) is 42.1 Å². The highest BCUT2D eigenvalue weighted by atomic mass is 32.2. The summed E-state index contributed by atoms with van der Waals surface area (Å²) in [6.07, 6.45) is 5.49. The van der Waals surface area contributed by atoms with Gasteiger partial charge in [0.2, 0.25) is 11.8 Å². The number of para-hydroxylation sites is 2. The van der Waals surface area contributed by atoms with Gasteiger partial charge >= 0.3 is 0 Å². The zero-order valence-corrected chi connectivity index (χ0v) is 20.0. The van der Waals surface area contributed by atoms with Crippen molar-refractivity contribution < 1.29 is 19.5 Å². The van der Waals surface area contributed by atoms with E-state index in [-0.39, 0.29) is 34.9 Å². The number of piperidine rings is 1. The molecule has 0 radical (unpaired) electrons. The minimum absolute atomic E-state index is 0.00158. The van der Waals surface area contributed by atoms with Gasteiger partial charge in [0.1, 0.15) is 11.2 Å². The summed E-state index contributed by atoms with van der Waals surface area (Å²) >= 11 is 1.41. The average molecular weight is 480 g/mol. The molecule has 3 N–H and O–H groups in total. The Kier molecular flexibility index (Phi) is 5.80. The van der Waals surface area contributed by atoms with E-state index >= 15 is 0 Å². The number of nitrogens with zero attached hydrogens (tertiary/aromatic N) is 1. The Bertz CT molecular complexity index is 1120. The number of nitrogens with one attached hydrogen (secondary N) is 2. The fourth-order valence-corrected chi connectivity index (χ4v) is 5.56. The van der Waals surface area contributed by atoms with Crippen LogP contribution in [0.2, 0.25) is 0 Å². The fraction of sp³-hybridized carbons (Fsp3) is 0.423. The van der Waals surface area contributed by atoms with E-state index in [4.69, 9.17) is 0 Å². The molecule has 1 spiro atoms. The zero-order chi connectivity index (χ0) is 23.9. The Hall–Kier alpha value is -3.00. The van der Waals surface area contributed by atoms with Crippen molar-refractivity contribution >= 4 is 35.2 Å². The topological polar surface area (TPSA) is 98.7 Å². The monoisotopic (exact) mass is 479 g/mol. The van der Waals surface area contributed by atoms with Crippen LogP contribution >= 0.6 is 11.8 Å². The molecule has 178 valence electrons. The van der Waals surface area contributed by atoms with Crippen LogP contribution in [-0.4, -0.2) is 53.1 Å². The quantitative estimate of drug-likeness (QED) is 0.434. The summed E-state index contributed by atoms with van der Waals surface area (Å²) < 4.78 is 0. The van der Waals surface area contributed by atoms with Crippen LogP contribution in [0.1, 0.15) is 42.5 Å². The van der Waals surface area contributed by atoms with Gasteiger partial charge < -0.3 is 20.6 Å². The third-order valence-corrected chi connectivity index (χ3v) is 8.41. The highest BCUT2D eigenvalue weighted by molar-refractivity contribution is 7.98. The summed E-state index contributed by atoms with van der Waals surface area (Å²) in [6.45, 7) is 1.18. The van der Waals surface area contributed by atoms with Gasteiger partial charge in [-0.15, -0.1) is 11.8 Å². The van der Waals surface area contributed by atoms with Gasteiger partial charge in [0, 0.05) is 29.7 Å². The smallest absolute Gasteiger partial charge is 0.257 e. The summed E-state index contributed by atoms with van der Waals surface area (Å²) in [5.41, 5.74) is 0.0710. The molecule has 0 aromatic heterocycles. The second kappa shape index (κ2) is 8.65. The van der Waals surface area contributed by atoms with Crippen LogP contribution < -0.4 is 10.6 Å². The molecular formula is C26H29N3O4S. The number of hydrogen-bond acceptors (Lipinski definition) is 5. The molecular weight excluding hydrogens is 450 g/mol. The van der Waals surface area contributed by atoms with Crippen molar-refractivity contribution in [3.63, 3.8) is 0 Å². The number of amides is 3. The highest BCUT2D eigenvalue weighted by Crippen LogP contribution is 2.55. The Labute approximate surface area is 203 Å². The molecule has 3 aliphatic rings. The number of hydrogen-bond donors (Lipinski definition) is 3. The van der Waals surface area contributed by atoms with Crippen LogP contribution in [0.25, 0.3) is 0 Å². The van der Waals surface area contributed by atoms with Gasteiger partial charge in [0.05, 0.1) is 5.56 Å². The van der Waals surface area contributed by atoms with E-state index < -0.39 is 5.41 Å².